The molecule has 0 saturated carbocycles. The van der Waals surface area contributed by atoms with Gasteiger partial charge < -0.3 is 18.9 Å². The molecule has 4 nitrogen and oxygen atoms in total. The molecule has 0 aliphatic rings. The zero-order valence-corrected chi connectivity index (χ0v) is 18.4. The van der Waals surface area contributed by atoms with Crippen molar-refractivity contribution in [1.29, 1.82) is 0 Å². The lowest BCUT2D eigenvalue weighted by molar-refractivity contribution is -0.0620. The van der Waals surface area contributed by atoms with Gasteiger partial charge in [-0.1, -0.05) is 41.5 Å². The SMILES string of the molecule is COC(C)CC(C)OC.COC(CC(OC)C(C)(C)C)C(C)(C)C. The quantitative estimate of drug-likeness (QED) is 0.622. The van der Waals surface area contributed by atoms with Crippen LogP contribution in [0.15, 0.2) is 0 Å². The van der Waals surface area contributed by atoms with E-state index >= 15 is 0 Å². The number of ether oxygens (including phenoxy) is 4. The van der Waals surface area contributed by atoms with E-state index in [4.69, 9.17) is 18.9 Å². The van der Waals surface area contributed by atoms with E-state index in [9.17, 15) is 0 Å². The van der Waals surface area contributed by atoms with Crippen molar-refractivity contribution in [3.63, 3.8) is 0 Å². The molecule has 148 valence electrons. The van der Waals surface area contributed by atoms with Crippen molar-refractivity contribution in [1.82, 2.24) is 0 Å². The normalized spacial score (nSPS) is 17.5. The molecule has 0 radical (unpaired) electrons. The Hall–Kier alpha value is -0.160. The molecule has 0 N–H and O–H groups in total. The minimum atomic E-state index is 0.163. The molecule has 0 aromatic heterocycles. The Kier molecular flexibility index (Phi) is 13.3. The lowest BCUT2D eigenvalue weighted by atomic mass is 9.79. The Morgan fingerprint density at radius 2 is 0.833 bits per heavy atom. The molecular weight excluding hydrogens is 304 g/mol. The summed E-state index contributed by atoms with van der Waals surface area (Å²) in [5.41, 5.74) is 0.327. The highest BCUT2D eigenvalue weighted by Gasteiger charge is 2.32. The average molecular weight is 349 g/mol. The maximum absolute atomic E-state index is 5.56. The van der Waals surface area contributed by atoms with E-state index in [0.29, 0.717) is 12.2 Å². The lowest BCUT2D eigenvalue weighted by Gasteiger charge is -2.36. The van der Waals surface area contributed by atoms with Crippen LogP contribution in [-0.4, -0.2) is 52.9 Å². The van der Waals surface area contributed by atoms with Crippen molar-refractivity contribution in [2.75, 3.05) is 28.4 Å². The van der Waals surface area contributed by atoms with Gasteiger partial charge in [0.25, 0.3) is 0 Å². The van der Waals surface area contributed by atoms with Crippen LogP contribution < -0.4 is 0 Å². The van der Waals surface area contributed by atoms with E-state index in [1.54, 1.807) is 28.4 Å². The maximum Gasteiger partial charge on any atom is 0.0644 e. The lowest BCUT2D eigenvalue weighted by Crippen LogP contribution is -2.38. The van der Waals surface area contributed by atoms with E-state index in [2.05, 4.69) is 41.5 Å². The van der Waals surface area contributed by atoms with Gasteiger partial charge in [-0.05, 0) is 31.1 Å². The molecule has 0 aliphatic carbocycles. The van der Waals surface area contributed by atoms with Crippen molar-refractivity contribution < 1.29 is 18.9 Å². The molecule has 0 amide bonds. The summed E-state index contributed by atoms with van der Waals surface area (Å²) < 4.78 is 21.2. The number of rotatable bonds is 8. The van der Waals surface area contributed by atoms with E-state index in [0.717, 1.165) is 12.8 Å². The Labute approximate surface area is 151 Å². The van der Waals surface area contributed by atoms with Gasteiger partial charge in [-0.15, -0.1) is 0 Å². The standard InChI is InChI=1S/C13H28O2.C7H16O2/c1-12(2,3)10(14-7)9-11(15-8)13(4,5)6;1-6(8-3)5-7(2)9-4/h10-11H,9H2,1-8H3;6-7H,5H2,1-4H3. The van der Waals surface area contributed by atoms with Gasteiger partial charge in [0.1, 0.15) is 0 Å². The second kappa shape index (κ2) is 12.2. The second-order valence-corrected chi connectivity index (χ2v) is 8.74. The summed E-state index contributed by atoms with van der Waals surface area (Å²) >= 11 is 0. The molecule has 24 heavy (non-hydrogen) atoms. The van der Waals surface area contributed by atoms with Crippen LogP contribution in [0.1, 0.15) is 68.2 Å². The maximum atomic E-state index is 5.56. The zero-order chi connectivity index (χ0) is 19.6. The van der Waals surface area contributed by atoms with E-state index in [1.165, 1.54) is 0 Å². The van der Waals surface area contributed by atoms with Crippen LogP contribution in [0, 0.1) is 10.8 Å². The van der Waals surface area contributed by atoms with Crippen LogP contribution in [0.2, 0.25) is 0 Å². The Morgan fingerprint density at radius 1 is 0.542 bits per heavy atom. The molecule has 0 heterocycles. The van der Waals surface area contributed by atoms with Crippen molar-refractivity contribution in [3.05, 3.63) is 0 Å². The summed E-state index contributed by atoms with van der Waals surface area (Å²) in [6.45, 7) is 17.3. The summed E-state index contributed by atoms with van der Waals surface area (Å²) in [6.07, 6.45) is 3.00. The van der Waals surface area contributed by atoms with Gasteiger partial charge >= 0.3 is 0 Å². The number of methoxy groups -OCH3 is 4. The Bertz CT molecular complexity index is 263. The molecule has 0 rings (SSSR count). The van der Waals surface area contributed by atoms with Gasteiger partial charge in [-0.2, -0.15) is 0 Å². The fourth-order valence-electron chi connectivity index (χ4n) is 2.46. The van der Waals surface area contributed by atoms with Gasteiger partial charge in [-0.3, -0.25) is 0 Å². The fraction of sp³-hybridized carbons (Fsp3) is 1.00. The first kappa shape index (κ1) is 26.1. The summed E-state index contributed by atoms with van der Waals surface area (Å²) in [6, 6.07) is 0. The average Bonchev–Trinajstić information content (AvgIpc) is 2.45. The first-order valence-electron chi connectivity index (χ1n) is 8.94. The summed E-state index contributed by atoms with van der Waals surface area (Å²) in [7, 11) is 7.00. The fourth-order valence-corrected chi connectivity index (χ4v) is 2.46. The molecule has 0 bridgehead atoms. The second-order valence-electron chi connectivity index (χ2n) is 8.74. The van der Waals surface area contributed by atoms with Gasteiger partial charge in [0.15, 0.2) is 0 Å². The largest absolute Gasteiger partial charge is 0.382 e. The zero-order valence-electron chi connectivity index (χ0n) is 18.4. The first-order valence-corrected chi connectivity index (χ1v) is 8.94. The van der Waals surface area contributed by atoms with E-state index < -0.39 is 0 Å². The smallest absolute Gasteiger partial charge is 0.0644 e. The van der Waals surface area contributed by atoms with Crippen LogP contribution >= 0.6 is 0 Å². The third kappa shape index (κ3) is 12.2. The molecule has 4 heteroatoms. The minimum Gasteiger partial charge on any atom is -0.382 e. The summed E-state index contributed by atoms with van der Waals surface area (Å²) in [4.78, 5) is 0. The summed E-state index contributed by atoms with van der Waals surface area (Å²) in [5.74, 6) is 0. The van der Waals surface area contributed by atoms with Crippen LogP contribution in [0.25, 0.3) is 0 Å². The van der Waals surface area contributed by atoms with Crippen molar-refractivity contribution in [2.45, 2.75) is 92.6 Å². The third-order valence-electron chi connectivity index (χ3n) is 4.40. The van der Waals surface area contributed by atoms with Crippen molar-refractivity contribution >= 4 is 0 Å². The molecule has 0 saturated heterocycles. The third-order valence-corrected chi connectivity index (χ3v) is 4.40. The number of hydrogen-bond donors (Lipinski definition) is 0. The van der Waals surface area contributed by atoms with E-state index in [-0.39, 0.29) is 23.0 Å². The molecular formula is C20H44O4. The van der Waals surface area contributed by atoms with Crippen LogP contribution in [0.5, 0.6) is 0 Å². The predicted molar refractivity (Wildman–Crippen MR) is 103 cm³/mol. The van der Waals surface area contributed by atoms with Gasteiger partial charge in [0.05, 0.1) is 24.4 Å². The van der Waals surface area contributed by atoms with E-state index in [1.807, 2.05) is 13.8 Å². The van der Waals surface area contributed by atoms with Gasteiger partial charge in [-0.25, -0.2) is 0 Å². The highest BCUT2D eigenvalue weighted by atomic mass is 16.5. The van der Waals surface area contributed by atoms with Gasteiger partial charge in [0, 0.05) is 34.9 Å². The van der Waals surface area contributed by atoms with Crippen LogP contribution in [-0.2, 0) is 18.9 Å². The predicted octanol–water partition coefficient (Wildman–Crippen LogP) is 4.95. The topological polar surface area (TPSA) is 36.9 Å². The molecule has 4 atom stereocenters. The molecule has 0 aliphatic heterocycles. The molecule has 0 aromatic carbocycles. The Morgan fingerprint density at radius 3 is 1.00 bits per heavy atom. The van der Waals surface area contributed by atoms with Crippen LogP contribution in [0.4, 0.5) is 0 Å². The molecule has 0 aromatic rings. The number of hydrogen-bond acceptors (Lipinski definition) is 4. The minimum absolute atomic E-state index is 0.163. The summed E-state index contributed by atoms with van der Waals surface area (Å²) in [5, 5.41) is 0. The highest BCUT2D eigenvalue weighted by molar-refractivity contribution is 4.83. The van der Waals surface area contributed by atoms with Crippen molar-refractivity contribution in [2.24, 2.45) is 10.8 Å². The van der Waals surface area contributed by atoms with Gasteiger partial charge in [0.2, 0.25) is 0 Å². The first-order chi connectivity index (χ1) is 10.8. The monoisotopic (exact) mass is 348 g/mol. The Balaban J connectivity index is 0. The van der Waals surface area contributed by atoms with Crippen molar-refractivity contribution in [3.8, 4) is 0 Å². The molecule has 0 fully saturated rings. The highest BCUT2D eigenvalue weighted by Crippen LogP contribution is 2.32. The van der Waals surface area contributed by atoms with Crippen LogP contribution in [0.3, 0.4) is 0 Å². The molecule has 4 unspecified atom stereocenters. The molecule has 0 spiro atoms.